The van der Waals surface area contributed by atoms with E-state index < -0.39 is 31.7 Å². The zero-order valence-corrected chi connectivity index (χ0v) is 9.58. The molecule has 7 N–H and O–H groups in total. The molecule has 0 aliphatic carbocycles. The maximum atomic E-state index is 11.3. The smallest absolute Gasteiger partial charge is 0.534 e. The summed E-state index contributed by atoms with van der Waals surface area (Å²) in [6.45, 7) is 0.494. The highest BCUT2D eigenvalue weighted by Crippen LogP contribution is 2.66. The molecule has 0 rings (SSSR count). The number of aliphatic carboxylic acids is 1. The topological polar surface area (TPSA) is 207 Å². The van der Waals surface area contributed by atoms with Crippen molar-refractivity contribution in [2.75, 3.05) is 0 Å². The van der Waals surface area contributed by atoms with E-state index in [4.69, 9.17) is 24.7 Å². The number of rotatable bonds is 4. The van der Waals surface area contributed by atoms with E-state index >= 15 is 0 Å². The molecule has 11 nitrogen and oxygen atoms in total. The fourth-order valence-corrected chi connectivity index (χ4v) is 3.06. The highest BCUT2D eigenvalue weighted by Gasteiger charge is 2.58. The Balaban J connectivity index is 0. The lowest BCUT2D eigenvalue weighted by molar-refractivity contribution is -0.675. The van der Waals surface area contributed by atoms with Gasteiger partial charge in [-0.15, -0.1) is 0 Å². The van der Waals surface area contributed by atoms with Crippen molar-refractivity contribution in [1.82, 2.24) is 0 Å². The van der Waals surface area contributed by atoms with Gasteiger partial charge in [-0.2, -0.15) is 4.19 Å². The lowest BCUT2D eigenvalue weighted by atomic mass is 10.4. The standard InChI is InChI=1S/C3H9NO9P2.H2O/c1-2(3(5)6)4(7,14(8,9)10)15(11,12)13;/h2H,1H3,(H,5,6)(H2,8,9,10)(H2,11,12,13);1H2/t2-;/m0./s1. The molecular formula is C3H11NO10P2. The summed E-state index contributed by atoms with van der Waals surface area (Å²) in [6.07, 6.45) is 0. The Morgan fingerprint density at radius 3 is 1.50 bits per heavy atom. The number of hydrogen-bond donors (Lipinski definition) is 5. The second kappa shape index (κ2) is 4.88. The third-order valence-electron chi connectivity index (χ3n) is 1.61. The van der Waals surface area contributed by atoms with Crippen LogP contribution in [0, 0.1) is 5.21 Å². The molecule has 0 saturated carbocycles. The van der Waals surface area contributed by atoms with Crippen molar-refractivity contribution in [3.63, 3.8) is 0 Å². The summed E-state index contributed by atoms with van der Waals surface area (Å²) in [5.41, 5.74) is 0. The van der Waals surface area contributed by atoms with Crippen LogP contribution in [-0.4, -0.2) is 46.4 Å². The van der Waals surface area contributed by atoms with Gasteiger partial charge in [0.1, 0.15) is 0 Å². The quantitative estimate of drug-likeness (QED) is 0.289. The van der Waals surface area contributed by atoms with Crippen molar-refractivity contribution in [2.24, 2.45) is 0 Å². The van der Waals surface area contributed by atoms with Crippen LogP contribution in [0.2, 0.25) is 0 Å². The van der Waals surface area contributed by atoms with Crippen molar-refractivity contribution in [3.05, 3.63) is 5.21 Å². The molecule has 16 heavy (non-hydrogen) atoms. The number of hydroxylamine groups is 1. The molecule has 0 heterocycles. The van der Waals surface area contributed by atoms with Crippen LogP contribution in [0.1, 0.15) is 6.92 Å². The molecule has 1 atom stereocenters. The number of carboxylic acid groups (broad SMARTS) is 1. The van der Waals surface area contributed by atoms with Crippen LogP contribution in [0.25, 0.3) is 0 Å². The Hall–Kier alpha value is -0.350. The summed E-state index contributed by atoms with van der Waals surface area (Å²) in [5.74, 6) is -2.03. The Kier molecular flexibility index (Phi) is 5.50. The average Bonchev–Trinajstić information content (AvgIpc) is 1.96. The second-order valence-electron chi connectivity index (χ2n) is 2.63. The van der Waals surface area contributed by atoms with Gasteiger partial charge in [0.2, 0.25) is 0 Å². The third-order valence-corrected chi connectivity index (χ3v) is 5.19. The number of carboxylic acids is 1. The predicted octanol–water partition coefficient (Wildman–Crippen LogP) is -1.87. The Bertz CT molecular complexity index is 331. The fraction of sp³-hybridized carbons (Fsp3) is 0.667. The van der Waals surface area contributed by atoms with Crippen LogP contribution in [0.3, 0.4) is 0 Å². The van der Waals surface area contributed by atoms with Gasteiger partial charge in [0.25, 0.3) is 0 Å². The monoisotopic (exact) mass is 283 g/mol. The fourth-order valence-electron chi connectivity index (χ4n) is 0.747. The Morgan fingerprint density at radius 2 is 1.44 bits per heavy atom. The van der Waals surface area contributed by atoms with Gasteiger partial charge in [-0.3, -0.25) is 19.6 Å². The minimum atomic E-state index is -5.88. The molecule has 0 aromatic carbocycles. The van der Waals surface area contributed by atoms with Gasteiger partial charge < -0.3 is 15.8 Å². The molecule has 0 fully saturated rings. The first-order chi connectivity index (χ1) is 6.35. The van der Waals surface area contributed by atoms with Crippen LogP contribution in [0.5, 0.6) is 0 Å². The van der Waals surface area contributed by atoms with E-state index in [0.717, 1.165) is 0 Å². The highest BCUT2D eigenvalue weighted by atomic mass is 31.3. The largest absolute Gasteiger partial charge is 0.619 e. The molecule has 0 radical (unpaired) electrons. The van der Waals surface area contributed by atoms with Crippen LogP contribution >= 0.6 is 15.5 Å². The minimum Gasteiger partial charge on any atom is -0.619 e. The lowest BCUT2D eigenvalue weighted by Gasteiger charge is -2.42. The molecular weight excluding hydrogens is 272 g/mol. The normalized spacial score (nSPS) is 15.1. The van der Waals surface area contributed by atoms with Crippen molar-refractivity contribution in [3.8, 4) is 0 Å². The molecule has 0 unspecified atom stereocenters. The SMILES string of the molecule is C[C@@H](C(=O)O)[N+]([O-])(P(=O)(O)O)P(=O)(O)O.O. The second-order valence-corrected chi connectivity index (χ2v) is 6.19. The maximum absolute atomic E-state index is 11.3. The predicted molar refractivity (Wildman–Crippen MR) is 48.4 cm³/mol. The summed E-state index contributed by atoms with van der Waals surface area (Å²) in [6, 6.07) is -2.49. The van der Waals surface area contributed by atoms with Crippen LogP contribution in [0.4, 0.5) is 0 Å². The van der Waals surface area contributed by atoms with Crippen molar-refractivity contribution in [2.45, 2.75) is 13.0 Å². The van der Waals surface area contributed by atoms with Gasteiger partial charge in [0, 0.05) is 0 Å². The van der Waals surface area contributed by atoms with Crippen LogP contribution < -0.4 is 0 Å². The summed E-state index contributed by atoms with van der Waals surface area (Å²) >= 11 is 0. The zero-order valence-electron chi connectivity index (χ0n) is 7.79. The molecule has 0 saturated heterocycles. The van der Waals surface area contributed by atoms with E-state index in [2.05, 4.69) is 0 Å². The molecule has 98 valence electrons. The molecule has 0 bridgehead atoms. The number of carbonyl (C=O) groups is 1. The molecule has 0 amide bonds. The molecule has 0 aromatic rings. The molecule has 0 aliphatic rings. The van der Waals surface area contributed by atoms with E-state index in [0.29, 0.717) is 6.92 Å². The van der Waals surface area contributed by atoms with Crippen molar-refractivity contribution >= 4 is 21.5 Å². The Morgan fingerprint density at radius 1 is 1.19 bits per heavy atom. The van der Waals surface area contributed by atoms with Crippen molar-refractivity contribution < 1.29 is 48.3 Å². The minimum absolute atomic E-state index is 0. The number of nitrogens with zero attached hydrogens (tertiary/aromatic N) is 1. The summed E-state index contributed by atoms with van der Waals surface area (Å²) in [7, 11) is -11.8. The molecule has 0 spiro atoms. The van der Waals surface area contributed by atoms with Crippen molar-refractivity contribution in [1.29, 1.82) is 0 Å². The van der Waals surface area contributed by atoms with Gasteiger partial charge in [-0.05, 0) is 6.92 Å². The number of quaternary nitrogens is 1. The molecule has 0 aliphatic heterocycles. The third kappa shape index (κ3) is 2.86. The summed E-state index contributed by atoms with van der Waals surface area (Å²) < 4.78 is 17.9. The van der Waals surface area contributed by atoms with Crippen LogP contribution in [0.15, 0.2) is 0 Å². The first-order valence-corrected chi connectivity index (χ1v) is 6.43. The van der Waals surface area contributed by atoms with E-state index in [9.17, 15) is 19.1 Å². The van der Waals surface area contributed by atoms with E-state index in [1.54, 1.807) is 0 Å². The molecule has 0 aromatic heterocycles. The summed E-state index contributed by atoms with van der Waals surface area (Å²) in [5, 5.41) is 19.7. The van der Waals surface area contributed by atoms with Gasteiger partial charge in [-0.1, -0.05) is 0 Å². The summed E-state index contributed by atoms with van der Waals surface area (Å²) in [4.78, 5) is 44.4. The molecule has 13 heteroatoms. The Labute approximate surface area is 88.8 Å². The first kappa shape index (κ1) is 18.0. The van der Waals surface area contributed by atoms with Gasteiger partial charge in [0.15, 0.2) is 6.04 Å². The van der Waals surface area contributed by atoms with E-state index in [1.807, 2.05) is 0 Å². The van der Waals surface area contributed by atoms with Gasteiger partial charge >= 0.3 is 21.5 Å². The first-order valence-electron chi connectivity index (χ1n) is 3.30. The zero-order chi connectivity index (χ0) is 12.7. The average molecular weight is 283 g/mol. The van der Waals surface area contributed by atoms with E-state index in [-0.39, 0.29) is 5.48 Å². The number of hydrogen-bond acceptors (Lipinski definition) is 4. The van der Waals surface area contributed by atoms with Gasteiger partial charge in [-0.25, -0.2) is 13.9 Å². The van der Waals surface area contributed by atoms with Gasteiger partial charge in [0.05, 0.1) is 0 Å². The van der Waals surface area contributed by atoms with Crippen LogP contribution in [-0.2, 0) is 13.9 Å². The van der Waals surface area contributed by atoms with E-state index in [1.165, 1.54) is 0 Å². The maximum Gasteiger partial charge on any atom is 0.534 e. The highest BCUT2D eigenvalue weighted by molar-refractivity contribution is 7.58. The lowest BCUT2D eigenvalue weighted by Crippen LogP contribution is -2.47.